The van der Waals surface area contributed by atoms with Gasteiger partial charge >= 0.3 is 117 Å². The summed E-state index contributed by atoms with van der Waals surface area (Å²) in [7, 11) is 0. The van der Waals surface area contributed by atoms with Gasteiger partial charge in [0.25, 0.3) is 0 Å². The van der Waals surface area contributed by atoms with Crippen molar-refractivity contribution in [1.82, 2.24) is 4.90 Å². The van der Waals surface area contributed by atoms with E-state index >= 15 is 0 Å². The fourth-order valence-electron chi connectivity index (χ4n) is 3.00. The first-order valence-electron chi connectivity index (χ1n) is 8.09. The van der Waals surface area contributed by atoms with Gasteiger partial charge in [0.2, 0.25) is 0 Å². The van der Waals surface area contributed by atoms with Gasteiger partial charge in [-0.2, -0.15) is 0 Å². The molecule has 0 bridgehead atoms. The maximum atomic E-state index is 2.74. The van der Waals surface area contributed by atoms with Crippen LogP contribution >= 0.6 is 0 Å². The Morgan fingerprint density at radius 3 is 1.88 bits per heavy atom. The summed E-state index contributed by atoms with van der Waals surface area (Å²) in [4.78, 5) is 2.74. The summed E-state index contributed by atoms with van der Waals surface area (Å²) in [5.74, 6) is 0. The first-order chi connectivity index (χ1) is 8.36. The van der Waals surface area contributed by atoms with Crippen molar-refractivity contribution in [2.45, 2.75) is 71.3 Å². The summed E-state index contributed by atoms with van der Waals surface area (Å²) in [6.45, 7) is 8.75. The Morgan fingerprint density at radius 2 is 1.35 bits per heavy atom. The van der Waals surface area contributed by atoms with Gasteiger partial charge in [-0.1, -0.05) is 0 Å². The molecule has 1 nitrogen and oxygen atoms in total. The van der Waals surface area contributed by atoms with E-state index in [0.29, 0.717) is 0 Å². The van der Waals surface area contributed by atoms with Gasteiger partial charge in [-0.25, -0.2) is 0 Å². The molecule has 0 saturated carbocycles. The van der Waals surface area contributed by atoms with Crippen LogP contribution in [0.15, 0.2) is 0 Å². The quantitative estimate of drug-likeness (QED) is 0.563. The molecule has 0 aromatic carbocycles. The monoisotopic (exact) mass is 341 g/mol. The summed E-state index contributed by atoms with van der Waals surface area (Å²) < 4.78 is 5.16. The normalized spacial score (nSPS) is 16.1. The molecule has 1 aliphatic rings. The fraction of sp³-hybridized carbons (Fsp3) is 1.00. The molecule has 0 radical (unpaired) electrons. The van der Waals surface area contributed by atoms with Crippen LogP contribution in [0.3, 0.4) is 0 Å². The van der Waals surface area contributed by atoms with Crippen molar-refractivity contribution in [3.05, 3.63) is 0 Å². The van der Waals surface area contributed by atoms with Gasteiger partial charge in [-0.05, 0) is 0 Å². The summed E-state index contributed by atoms with van der Waals surface area (Å²) in [6, 6.07) is 0. The van der Waals surface area contributed by atoms with Crippen molar-refractivity contribution >= 4 is 21.4 Å². The molecule has 0 amide bonds. The molecule has 100 valence electrons. The van der Waals surface area contributed by atoms with Crippen LogP contribution in [0.5, 0.6) is 0 Å². The van der Waals surface area contributed by atoms with E-state index in [9.17, 15) is 0 Å². The minimum atomic E-state index is -0.886. The zero-order chi connectivity index (χ0) is 12.3. The molecule has 1 rings (SSSR count). The first kappa shape index (κ1) is 15.9. The van der Waals surface area contributed by atoms with Crippen LogP contribution in [-0.4, -0.2) is 46.0 Å². The number of nitrogens with zero attached hydrogens (tertiary/aromatic N) is 1. The van der Waals surface area contributed by atoms with Gasteiger partial charge < -0.3 is 0 Å². The first-order valence-corrected chi connectivity index (χ1v) is 15.1. The van der Waals surface area contributed by atoms with Crippen molar-refractivity contribution in [3.8, 4) is 0 Å². The Balaban J connectivity index is 2.08. The Hall–Kier alpha value is 0.830. The Morgan fingerprint density at radius 1 is 0.824 bits per heavy atom. The second kappa shape index (κ2) is 10.7. The molecule has 1 saturated heterocycles. The number of unbranched alkanes of at least 4 members (excludes halogenated alkanes) is 2. The number of hydrogen-bond acceptors (Lipinski definition) is 1. The molecular weight excluding hydrogens is 309 g/mol. The van der Waals surface area contributed by atoms with E-state index in [1.54, 1.807) is 25.4 Å². The molecule has 0 aromatic heterocycles. The third-order valence-corrected chi connectivity index (χ3v) is 14.7. The van der Waals surface area contributed by atoms with Crippen LogP contribution in [-0.2, 0) is 0 Å². The van der Waals surface area contributed by atoms with Crippen molar-refractivity contribution in [3.63, 3.8) is 0 Å². The van der Waals surface area contributed by atoms with Crippen LogP contribution in [0.4, 0.5) is 0 Å². The third-order valence-electron chi connectivity index (χ3n) is 4.22. The molecule has 0 unspecified atom stereocenters. The molecule has 1 fully saturated rings. The fourth-order valence-corrected chi connectivity index (χ4v) is 12.6. The number of rotatable bonds is 10. The van der Waals surface area contributed by atoms with Crippen molar-refractivity contribution in [2.24, 2.45) is 0 Å². The summed E-state index contributed by atoms with van der Waals surface area (Å²) in [5.41, 5.74) is 0. The van der Waals surface area contributed by atoms with Gasteiger partial charge in [-0.15, -0.1) is 0 Å². The molecule has 0 aromatic rings. The van der Waals surface area contributed by atoms with Gasteiger partial charge in [0, 0.05) is 0 Å². The topological polar surface area (TPSA) is 3.24 Å². The Kier molecular flexibility index (Phi) is 10.0. The van der Waals surface area contributed by atoms with Crippen LogP contribution in [0, 0.1) is 0 Å². The van der Waals surface area contributed by atoms with E-state index in [1.807, 2.05) is 0 Å². The Bertz CT molecular complexity index is 158. The van der Waals surface area contributed by atoms with Crippen molar-refractivity contribution in [2.75, 3.05) is 19.6 Å². The predicted molar refractivity (Wildman–Crippen MR) is 80.3 cm³/mol. The second-order valence-electron chi connectivity index (χ2n) is 5.84. The predicted octanol–water partition coefficient (Wildman–Crippen LogP) is 4.57. The summed E-state index contributed by atoms with van der Waals surface area (Å²) in [5, 5.41) is 0. The summed E-state index contributed by atoms with van der Waals surface area (Å²) in [6.07, 6.45) is 10.2. The molecule has 1 heterocycles. The van der Waals surface area contributed by atoms with E-state index in [4.69, 9.17) is 0 Å². The molecule has 0 spiro atoms. The zero-order valence-corrected chi connectivity index (χ0v) is 15.5. The molecule has 0 atom stereocenters. The van der Waals surface area contributed by atoms with Crippen molar-refractivity contribution < 1.29 is 0 Å². The Labute approximate surface area is 117 Å². The molecular formula is C15H32InN. The second-order valence-corrected chi connectivity index (χ2v) is 15.7. The van der Waals surface area contributed by atoms with Crippen LogP contribution in [0.2, 0.25) is 12.5 Å². The minimum absolute atomic E-state index is 0.886. The van der Waals surface area contributed by atoms with E-state index in [2.05, 4.69) is 18.7 Å². The zero-order valence-electron chi connectivity index (χ0n) is 12.2. The standard InChI is InChI=1S/C11H24N.C4H8.In/c1-4-7-10-12(9-6-3)11-8-5-2;1-3-4-2;/h3-11H2,1-2H3;1-4H2;. The van der Waals surface area contributed by atoms with Crippen molar-refractivity contribution in [1.29, 1.82) is 0 Å². The third kappa shape index (κ3) is 7.77. The number of hydrogen-bond donors (Lipinski definition) is 0. The van der Waals surface area contributed by atoms with Gasteiger partial charge in [0.05, 0.1) is 0 Å². The van der Waals surface area contributed by atoms with Crippen LogP contribution < -0.4 is 0 Å². The molecule has 2 heteroatoms. The molecule has 1 aliphatic heterocycles. The van der Waals surface area contributed by atoms with E-state index in [-0.39, 0.29) is 0 Å². The van der Waals surface area contributed by atoms with E-state index in [0.717, 1.165) is 0 Å². The van der Waals surface area contributed by atoms with E-state index < -0.39 is 21.4 Å². The van der Waals surface area contributed by atoms with Crippen LogP contribution in [0.1, 0.15) is 58.8 Å². The van der Waals surface area contributed by atoms with E-state index in [1.165, 1.54) is 51.7 Å². The van der Waals surface area contributed by atoms with Crippen LogP contribution in [0.25, 0.3) is 0 Å². The average Bonchev–Trinajstić information content (AvgIpc) is 2.85. The average molecular weight is 341 g/mol. The van der Waals surface area contributed by atoms with Gasteiger partial charge in [0.1, 0.15) is 0 Å². The van der Waals surface area contributed by atoms with Gasteiger partial charge in [-0.3, -0.25) is 0 Å². The molecule has 0 N–H and O–H groups in total. The molecule has 17 heavy (non-hydrogen) atoms. The maximum absolute atomic E-state index is 2.74. The summed E-state index contributed by atoms with van der Waals surface area (Å²) >= 11 is -0.886. The molecule has 0 aliphatic carbocycles. The van der Waals surface area contributed by atoms with Gasteiger partial charge in [0.15, 0.2) is 0 Å². The SMILES string of the molecule is CCCCN(CCCC)CC[CH2][In]1[CH2]CC[CH2]1.